The van der Waals surface area contributed by atoms with Crippen molar-refractivity contribution in [1.82, 2.24) is 19.9 Å². The van der Waals surface area contributed by atoms with Crippen LogP contribution in [0.25, 0.3) is 33.3 Å². The van der Waals surface area contributed by atoms with E-state index in [1.54, 1.807) is 12.1 Å². The highest BCUT2D eigenvalue weighted by Gasteiger charge is 2.35. The molecule has 5 N–H and O–H groups in total. The Morgan fingerprint density at radius 3 is 2.62 bits per heavy atom. The summed E-state index contributed by atoms with van der Waals surface area (Å²) in [5.41, 5.74) is 9.06. The summed E-state index contributed by atoms with van der Waals surface area (Å²) in [5.74, 6) is 0.570. The fraction of sp³-hybridized carbons (Fsp3) is 0.292. The van der Waals surface area contributed by atoms with E-state index in [1.165, 1.54) is 0 Å². The number of benzene rings is 2. The number of piperidine rings is 3. The van der Waals surface area contributed by atoms with Crippen LogP contribution in [-0.2, 0) is 0 Å². The van der Waals surface area contributed by atoms with Crippen molar-refractivity contribution in [2.45, 2.75) is 18.9 Å². The molecule has 8 nitrogen and oxygen atoms in total. The standard InChI is InChI=1S/C24H24N6O2/c25-22(31)14-5-6-15-18(11-14)29-24(32)20(23-27-16-3-1-2-4-17(16)28-23)21(15)26-19-12-30-9-7-13(19)8-10-30/h1-6,11,13,19H,7-10,12H2,(H2,25,31)(H,27,28)(H2,26,29,32)/t19-/m0/s1. The number of hydrogen-bond acceptors (Lipinski definition) is 5. The summed E-state index contributed by atoms with van der Waals surface area (Å²) in [6.07, 6.45) is 2.31. The summed E-state index contributed by atoms with van der Waals surface area (Å²) in [4.78, 5) is 38.4. The molecular weight excluding hydrogens is 404 g/mol. The number of nitrogens with zero attached hydrogens (tertiary/aromatic N) is 2. The number of aromatic amines is 2. The van der Waals surface area contributed by atoms with Gasteiger partial charge in [-0.25, -0.2) is 4.98 Å². The summed E-state index contributed by atoms with van der Waals surface area (Å²) in [6, 6.07) is 13.2. The van der Waals surface area contributed by atoms with Crippen molar-refractivity contribution in [3.63, 3.8) is 0 Å². The molecule has 2 bridgehead atoms. The molecule has 2 aromatic carbocycles. The Bertz CT molecular complexity index is 1380. The van der Waals surface area contributed by atoms with Crippen molar-refractivity contribution in [3.05, 3.63) is 58.4 Å². The molecule has 3 aliphatic rings. The number of nitrogens with one attached hydrogen (secondary N) is 3. The number of amides is 1. The molecule has 0 radical (unpaired) electrons. The molecule has 3 aliphatic heterocycles. The van der Waals surface area contributed by atoms with E-state index in [2.05, 4.69) is 20.2 Å². The Balaban J connectivity index is 1.56. The molecule has 8 heteroatoms. The molecule has 3 fully saturated rings. The highest BCUT2D eigenvalue weighted by atomic mass is 16.1. The Kier molecular flexibility index (Phi) is 4.29. The van der Waals surface area contributed by atoms with E-state index in [0.29, 0.717) is 28.4 Å². The molecule has 0 spiro atoms. The third-order valence-corrected chi connectivity index (χ3v) is 6.91. The van der Waals surface area contributed by atoms with Gasteiger partial charge in [-0.2, -0.15) is 0 Å². The molecule has 3 saturated heterocycles. The maximum absolute atomic E-state index is 13.3. The molecule has 4 aromatic rings. The summed E-state index contributed by atoms with van der Waals surface area (Å²) in [5, 5.41) is 4.55. The van der Waals surface area contributed by atoms with Gasteiger partial charge in [-0.05, 0) is 62.2 Å². The van der Waals surface area contributed by atoms with Gasteiger partial charge in [0.1, 0.15) is 11.4 Å². The number of carbonyl (C=O) groups excluding carboxylic acids is 1. The van der Waals surface area contributed by atoms with Gasteiger partial charge in [-0.1, -0.05) is 12.1 Å². The van der Waals surface area contributed by atoms with Crippen LogP contribution in [-0.4, -0.2) is 51.4 Å². The molecule has 0 unspecified atom stereocenters. The zero-order valence-electron chi connectivity index (χ0n) is 17.5. The van der Waals surface area contributed by atoms with Crippen molar-refractivity contribution in [1.29, 1.82) is 0 Å². The fourth-order valence-electron chi connectivity index (χ4n) is 5.21. The van der Waals surface area contributed by atoms with Gasteiger partial charge in [0.25, 0.3) is 5.56 Å². The summed E-state index contributed by atoms with van der Waals surface area (Å²) < 4.78 is 0. The summed E-state index contributed by atoms with van der Waals surface area (Å²) in [6.45, 7) is 3.23. The first-order valence-corrected chi connectivity index (χ1v) is 11.0. The number of primary amides is 1. The minimum Gasteiger partial charge on any atom is -0.379 e. The average Bonchev–Trinajstić information content (AvgIpc) is 3.23. The van der Waals surface area contributed by atoms with Gasteiger partial charge in [-0.3, -0.25) is 9.59 Å². The van der Waals surface area contributed by atoms with Gasteiger partial charge in [0.05, 0.1) is 22.2 Å². The minimum atomic E-state index is -0.527. The highest BCUT2D eigenvalue weighted by molar-refractivity contribution is 6.03. The lowest BCUT2D eigenvalue weighted by Crippen LogP contribution is -2.53. The summed E-state index contributed by atoms with van der Waals surface area (Å²) in [7, 11) is 0. The highest BCUT2D eigenvalue weighted by Crippen LogP contribution is 2.35. The number of rotatable bonds is 4. The second-order valence-electron chi connectivity index (χ2n) is 8.82. The topological polar surface area (TPSA) is 120 Å². The fourth-order valence-corrected chi connectivity index (χ4v) is 5.21. The lowest BCUT2D eigenvalue weighted by molar-refractivity contribution is 0.0976. The number of nitrogens with two attached hydrogens (primary N) is 1. The third kappa shape index (κ3) is 3.06. The number of imidazole rings is 1. The minimum absolute atomic E-state index is 0.251. The molecule has 1 amide bonds. The molecule has 0 aliphatic carbocycles. The van der Waals surface area contributed by atoms with Gasteiger partial charge in [0, 0.05) is 23.5 Å². The molecule has 32 heavy (non-hydrogen) atoms. The third-order valence-electron chi connectivity index (χ3n) is 6.91. The first kappa shape index (κ1) is 19.1. The van der Waals surface area contributed by atoms with Crippen molar-refractivity contribution in [2.24, 2.45) is 11.7 Å². The molecule has 162 valence electrons. The number of carbonyl (C=O) groups is 1. The van der Waals surface area contributed by atoms with E-state index in [9.17, 15) is 9.59 Å². The SMILES string of the molecule is NC(=O)c1ccc2c(N[C@H]3CN4CCC3CC4)c(-c3nc4ccccc4[nH]3)c(=O)[nH]c2c1. The molecule has 5 heterocycles. The van der Waals surface area contributed by atoms with Crippen molar-refractivity contribution < 1.29 is 4.79 Å². The van der Waals surface area contributed by atoms with Gasteiger partial charge in [0.15, 0.2) is 0 Å². The second-order valence-corrected chi connectivity index (χ2v) is 8.82. The van der Waals surface area contributed by atoms with Crippen LogP contribution in [0.2, 0.25) is 0 Å². The molecule has 2 aromatic heterocycles. The van der Waals surface area contributed by atoms with Crippen LogP contribution in [0.3, 0.4) is 0 Å². The van der Waals surface area contributed by atoms with E-state index in [0.717, 1.165) is 54.6 Å². The maximum atomic E-state index is 13.3. The van der Waals surface area contributed by atoms with E-state index in [4.69, 9.17) is 10.7 Å². The van der Waals surface area contributed by atoms with E-state index in [-0.39, 0.29) is 11.6 Å². The Hall–Kier alpha value is -3.65. The monoisotopic (exact) mass is 428 g/mol. The largest absolute Gasteiger partial charge is 0.379 e. The number of para-hydroxylation sites is 2. The first-order chi connectivity index (χ1) is 15.6. The molecule has 0 saturated carbocycles. The Morgan fingerprint density at radius 2 is 1.91 bits per heavy atom. The lowest BCUT2D eigenvalue weighted by atomic mass is 9.83. The molecule has 1 atom stereocenters. The Labute approximate surface area is 183 Å². The molecular formula is C24H24N6O2. The normalized spacial score (nSPS) is 22.4. The predicted molar refractivity (Wildman–Crippen MR) is 125 cm³/mol. The van der Waals surface area contributed by atoms with Gasteiger partial charge >= 0.3 is 0 Å². The van der Waals surface area contributed by atoms with Gasteiger partial charge in [-0.15, -0.1) is 0 Å². The predicted octanol–water partition coefficient (Wildman–Crippen LogP) is 2.68. The second kappa shape index (κ2) is 7.20. The van der Waals surface area contributed by atoms with E-state index >= 15 is 0 Å². The first-order valence-electron chi connectivity index (χ1n) is 11.0. The maximum Gasteiger partial charge on any atom is 0.261 e. The van der Waals surface area contributed by atoms with Crippen LogP contribution in [0, 0.1) is 5.92 Å². The van der Waals surface area contributed by atoms with Crippen LogP contribution < -0.4 is 16.6 Å². The smallest absolute Gasteiger partial charge is 0.261 e. The number of aromatic nitrogens is 3. The van der Waals surface area contributed by atoms with Crippen LogP contribution in [0.1, 0.15) is 23.2 Å². The van der Waals surface area contributed by atoms with Crippen LogP contribution in [0.5, 0.6) is 0 Å². The van der Waals surface area contributed by atoms with Crippen molar-refractivity contribution in [2.75, 3.05) is 25.0 Å². The lowest BCUT2D eigenvalue weighted by Gasteiger charge is -2.45. The van der Waals surface area contributed by atoms with E-state index < -0.39 is 5.91 Å². The molecule has 7 rings (SSSR count). The quantitative estimate of drug-likeness (QED) is 0.398. The Morgan fingerprint density at radius 1 is 1.09 bits per heavy atom. The van der Waals surface area contributed by atoms with Crippen LogP contribution >= 0.6 is 0 Å². The number of H-pyrrole nitrogens is 2. The number of anilines is 1. The number of hydrogen-bond donors (Lipinski definition) is 4. The van der Waals surface area contributed by atoms with Gasteiger partial charge < -0.3 is 25.9 Å². The van der Waals surface area contributed by atoms with Gasteiger partial charge in [0.2, 0.25) is 5.91 Å². The summed E-state index contributed by atoms with van der Waals surface area (Å²) >= 11 is 0. The van der Waals surface area contributed by atoms with Crippen LogP contribution in [0.4, 0.5) is 5.69 Å². The zero-order chi connectivity index (χ0) is 21.8. The van der Waals surface area contributed by atoms with E-state index in [1.807, 2.05) is 30.3 Å². The number of fused-ring (bicyclic) bond motifs is 5. The van der Waals surface area contributed by atoms with Crippen LogP contribution in [0.15, 0.2) is 47.3 Å². The van der Waals surface area contributed by atoms with Crippen molar-refractivity contribution in [3.8, 4) is 11.4 Å². The number of pyridine rings is 1. The van der Waals surface area contributed by atoms with Crippen molar-refractivity contribution >= 4 is 33.5 Å². The average molecular weight is 428 g/mol. The zero-order valence-corrected chi connectivity index (χ0v) is 17.5.